The van der Waals surface area contributed by atoms with Crippen LogP contribution < -0.4 is 5.32 Å². The van der Waals surface area contributed by atoms with Crippen molar-refractivity contribution < 1.29 is 0 Å². The van der Waals surface area contributed by atoms with E-state index in [1.54, 1.807) is 0 Å². The summed E-state index contributed by atoms with van der Waals surface area (Å²) in [7, 11) is 0. The normalized spacial score (nSPS) is 14.4. The zero-order valence-corrected chi connectivity index (χ0v) is 12.6. The molecule has 2 nitrogen and oxygen atoms in total. The number of nitrogens with one attached hydrogen (secondary N) is 1. The number of thioether (sulfide) groups is 1. The first-order valence-electron chi connectivity index (χ1n) is 7.15. The summed E-state index contributed by atoms with van der Waals surface area (Å²) < 4.78 is 0. The largest absolute Gasteiger partial charge is 0.310 e. The third kappa shape index (κ3) is 4.09. The number of aromatic nitrogens is 1. The summed E-state index contributed by atoms with van der Waals surface area (Å²) in [5, 5.41) is 3.56. The predicted octanol–water partition coefficient (Wildman–Crippen LogP) is 3.93. The van der Waals surface area contributed by atoms with Crippen molar-refractivity contribution in [2.45, 2.75) is 43.0 Å². The zero-order valence-electron chi connectivity index (χ0n) is 11.8. The second kappa shape index (κ2) is 6.42. The molecule has 0 saturated heterocycles. The molecule has 1 heterocycles. The first kappa shape index (κ1) is 13.7. The minimum Gasteiger partial charge on any atom is -0.310 e. The summed E-state index contributed by atoms with van der Waals surface area (Å²) >= 11 is 1.88. The minimum atomic E-state index is 0.768. The Morgan fingerprint density at radius 1 is 1.20 bits per heavy atom. The highest BCUT2D eigenvalue weighted by atomic mass is 32.2. The Hall–Kier alpha value is -1.32. The van der Waals surface area contributed by atoms with Gasteiger partial charge in [0.15, 0.2) is 0 Å². The standard InChI is InChI=1S/C17H20N2S/c1-13-7-15(10-18-9-13)12-20-17-4-2-3-14(8-17)11-19-16-5-6-16/h2-4,7-10,16,19H,5-6,11-12H2,1H3. The van der Waals surface area contributed by atoms with E-state index in [1.807, 2.05) is 24.2 Å². The zero-order chi connectivity index (χ0) is 13.8. The van der Waals surface area contributed by atoms with Gasteiger partial charge in [-0.25, -0.2) is 0 Å². The molecular formula is C17H20N2S. The molecule has 0 atom stereocenters. The third-order valence-corrected chi connectivity index (χ3v) is 4.47. The van der Waals surface area contributed by atoms with Crippen molar-refractivity contribution >= 4 is 11.8 Å². The SMILES string of the molecule is Cc1cncc(CSc2cccc(CNC3CC3)c2)c1. The van der Waals surface area contributed by atoms with Crippen LogP contribution in [0.1, 0.15) is 29.5 Å². The molecule has 20 heavy (non-hydrogen) atoms. The van der Waals surface area contributed by atoms with E-state index in [-0.39, 0.29) is 0 Å². The Labute approximate surface area is 125 Å². The lowest BCUT2D eigenvalue weighted by molar-refractivity contribution is 0.687. The van der Waals surface area contributed by atoms with E-state index in [0.717, 1.165) is 18.3 Å². The van der Waals surface area contributed by atoms with Crippen LogP contribution in [0.3, 0.4) is 0 Å². The summed E-state index contributed by atoms with van der Waals surface area (Å²) in [6.45, 7) is 3.08. The molecule has 1 aromatic heterocycles. The van der Waals surface area contributed by atoms with Gasteiger partial charge in [-0.15, -0.1) is 11.8 Å². The van der Waals surface area contributed by atoms with Crippen LogP contribution in [0.25, 0.3) is 0 Å². The van der Waals surface area contributed by atoms with E-state index < -0.39 is 0 Å². The predicted molar refractivity (Wildman–Crippen MR) is 84.8 cm³/mol. The second-order valence-electron chi connectivity index (χ2n) is 5.46. The molecule has 0 bridgehead atoms. The number of hydrogen-bond acceptors (Lipinski definition) is 3. The molecule has 3 heteroatoms. The molecule has 0 unspecified atom stereocenters. The smallest absolute Gasteiger partial charge is 0.0308 e. The lowest BCUT2D eigenvalue weighted by atomic mass is 10.2. The summed E-state index contributed by atoms with van der Waals surface area (Å²) in [4.78, 5) is 5.58. The van der Waals surface area contributed by atoms with Crippen molar-refractivity contribution in [3.63, 3.8) is 0 Å². The molecule has 1 aliphatic rings. The van der Waals surface area contributed by atoms with Crippen LogP contribution >= 0.6 is 11.8 Å². The Morgan fingerprint density at radius 3 is 2.90 bits per heavy atom. The van der Waals surface area contributed by atoms with Gasteiger partial charge < -0.3 is 5.32 Å². The molecule has 1 aliphatic carbocycles. The Kier molecular flexibility index (Phi) is 4.38. The van der Waals surface area contributed by atoms with E-state index in [2.05, 4.69) is 47.6 Å². The molecule has 3 rings (SSSR count). The third-order valence-electron chi connectivity index (χ3n) is 3.41. The van der Waals surface area contributed by atoms with E-state index in [9.17, 15) is 0 Å². The fraction of sp³-hybridized carbons (Fsp3) is 0.353. The molecule has 0 amide bonds. The van der Waals surface area contributed by atoms with Gasteiger partial charge in [-0.2, -0.15) is 0 Å². The van der Waals surface area contributed by atoms with E-state index >= 15 is 0 Å². The number of aryl methyl sites for hydroxylation is 1. The number of rotatable bonds is 6. The molecular weight excluding hydrogens is 264 g/mol. The van der Waals surface area contributed by atoms with Crippen molar-refractivity contribution in [2.75, 3.05) is 0 Å². The first-order valence-corrected chi connectivity index (χ1v) is 8.14. The molecule has 0 aliphatic heterocycles. The van der Waals surface area contributed by atoms with Crippen molar-refractivity contribution in [3.05, 3.63) is 59.4 Å². The number of hydrogen-bond donors (Lipinski definition) is 1. The van der Waals surface area contributed by atoms with E-state index in [1.165, 1.54) is 34.4 Å². The van der Waals surface area contributed by atoms with Crippen molar-refractivity contribution in [2.24, 2.45) is 0 Å². The van der Waals surface area contributed by atoms with Gasteiger partial charge in [-0.3, -0.25) is 4.98 Å². The average Bonchev–Trinajstić information content (AvgIpc) is 3.28. The maximum atomic E-state index is 4.25. The van der Waals surface area contributed by atoms with Gasteiger partial charge >= 0.3 is 0 Å². The summed E-state index contributed by atoms with van der Waals surface area (Å²) in [5.41, 5.74) is 3.89. The Balaban J connectivity index is 1.57. The topological polar surface area (TPSA) is 24.9 Å². The molecule has 0 radical (unpaired) electrons. The van der Waals surface area contributed by atoms with Crippen LogP contribution in [-0.2, 0) is 12.3 Å². The lowest BCUT2D eigenvalue weighted by Crippen LogP contribution is -2.15. The van der Waals surface area contributed by atoms with Gasteiger partial charge in [0.05, 0.1) is 0 Å². The lowest BCUT2D eigenvalue weighted by Gasteiger charge is -2.06. The van der Waals surface area contributed by atoms with Crippen molar-refractivity contribution in [1.29, 1.82) is 0 Å². The maximum Gasteiger partial charge on any atom is 0.0308 e. The molecule has 1 aromatic carbocycles. The average molecular weight is 284 g/mol. The summed E-state index contributed by atoms with van der Waals surface area (Å²) in [5.74, 6) is 0.980. The number of nitrogens with zero attached hydrogens (tertiary/aromatic N) is 1. The van der Waals surface area contributed by atoms with Crippen LogP contribution in [0.15, 0.2) is 47.6 Å². The monoisotopic (exact) mass is 284 g/mol. The van der Waals surface area contributed by atoms with E-state index in [4.69, 9.17) is 0 Å². The van der Waals surface area contributed by atoms with Crippen molar-refractivity contribution in [3.8, 4) is 0 Å². The van der Waals surface area contributed by atoms with Crippen LogP contribution in [0.5, 0.6) is 0 Å². The minimum absolute atomic E-state index is 0.768. The van der Waals surface area contributed by atoms with Crippen LogP contribution in [0.4, 0.5) is 0 Å². The Morgan fingerprint density at radius 2 is 2.10 bits per heavy atom. The second-order valence-corrected chi connectivity index (χ2v) is 6.51. The molecule has 104 valence electrons. The highest BCUT2D eigenvalue weighted by Gasteiger charge is 2.19. The summed E-state index contributed by atoms with van der Waals surface area (Å²) in [6.07, 6.45) is 6.54. The number of benzene rings is 1. The van der Waals surface area contributed by atoms with Gasteiger partial charge in [0.2, 0.25) is 0 Å². The quantitative estimate of drug-likeness (QED) is 0.813. The van der Waals surface area contributed by atoms with Crippen LogP contribution in [0, 0.1) is 6.92 Å². The fourth-order valence-electron chi connectivity index (χ4n) is 2.16. The van der Waals surface area contributed by atoms with Crippen LogP contribution in [0.2, 0.25) is 0 Å². The van der Waals surface area contributed by atoms with Gasteiger partial charge in [0.25, 0.3) is 0 Å². The maximum absolute atomic E-state index is 4.25. The van der Waals surface area contributed by atoms with Gasteiger partial charge in [-0.1, -0.05) is 18.2 Å². The highest BCUT2D eigenvalue weighted by Crippen LogP contribution is 2.24. The van der Waals surface area contributed by atoms with E-state index in [0.29, 0.717) is 0 Å². The van der Waals surface area contributed by atoms with Gasteiger partial charge in [0, 0.05) is 35.6 Å². The highest BCUT2D eigenvalue weighted by molar-refractivity contribution is 7.98. The first-order chi connectivity index (χ1) is 9.79. The van der Waals surface area contributed by atoms with Crippen LogP contribution in [-0.4, -0.2) is 11.0 Å². The molecule has 1 fully saturated rings. The summed E-state index contributed by atoms with van der Waals surface area (Å²) in [6, 6.07) is 11.8. The fourth-order valence-corrected chi connectivity index (χ4v) is 3.06. The Bertz CT molecular complexity index is 579. The number of pyridine rings is 1. The molecule has 0 spiro atoms. The molecule has 2 aromatic rings. The van der Waals surface area contributed by atoms with Gasteiger partial charge in [-0.05, 0) is 48.6 Å². The molecule has 1 N–H and O–H groups in total. The molecule has 1 saturated carbocycles. The van der Waals surface area contributed by atoms with Gasteiger partial charge in [0.1, 0.15) is 0 Å². The van der Waals surface area contributed by atoms with Crippen molar-refractivity contribution in [1.82, 2.24) is 10.3 Å².